The van der Waals surface area contributed by atoms with Gasteiger partial charge in [-0.05, 0) is 54.5 Å². The van der Waals surface area contributed by atoms with Gasteiger partial charge in [0, 0.05) is 5.56 Å². The summed E-state index contributed by atoms with van der Waals surface area (Å²) < 4.78 is 18.8. The monoisotopic (exact) mass is 336 g/mol. The molecule has 0 fully saturated rings. The predicted molar refractivity (Wildman–Crippen MR) is 89.8 cm³/mol. The van der Waals surface area contributed by atoms with Gasteiger partial charge in [-0.3, -0.25) is 0 Å². The van der Waals surface area contributed by atoms with Gasteiger partial charge < -0.3 is 4.29 Å². The molecule has 0 N–H and O–H groups in total. The molecule has 0 aliphatic heterocycles. The summed E-state index contributed by atoms with van der Waals surface area (Å²) in [5.74, 6) is -0.405. The number of benzene rings is 2. The van der Waals surface area contributed by atoms with Gasteiger partial charge in [0.1, 0.15) is 16.9 Å². The van der Waals surface area contributed by atoms with E-state index in [2.05, 4.69) is 10.4 Å². The second kappa shape index (κ2) is 6.72. The highest BCUT2D eigenvalue weighted by Gasteiger charge is 2.14. The molecule has 1 aliphatic rings. The van der Waals surface area contributed by atoms with Crippen LogP contribution in [-0.4, -0.2) is 0 Å². The van der Waals surface area contributed by atoms with Crippen molar-refractivity contribution in [3.8, 4) is 16.9 Å². The zero-order valence-electron chi connectivity index (χ0n) is 11.9. The smallest absolute Gasteiger partial charge is 0.167 e. The maximum atomic E-state index is 14.3. The first-order chi connectivity index (χ1) is 10.7. The van der Waals surface area contributed by atoms with E-state index in [-0.39, 0.29) is 10.8 Å². The van der Waals surface area contributed by atoms with Crippen LogP contribution in [0.4, 0.5) is 4.39 Å². The van der Waals surface area contributed by atoms with E-state index >= 15 is 0 Å². The van der Waals surface area contributed by atoms with Crippen molar-refractivity contribution in [2.75, 3.05) is 0 Å². The molecule has 0 saturated carbocycles. The first-order valence-corrected chi connectivity index (χ1v) is 7.96. The highest BCUT2D eigenvalue weighted by atomic mass is 35.5. The Morgan fingerprint density at radius 3 is 2.32 bits per heavy atom. The molecular weight excluding hydrogens is 322 g/mol. The Morgan fingerprint density at radius 1 is 0.955 bits per heavy atom. The van der Waals surface area contributed by atoms with Crippen LogP contribution in [0, 0.1) is 5.82 Å². The molecule has 0 unspecified atom stereocenters. The van der Waals surface area contributed by atoms with Gasteiger partial charge >= 0.3 is 0 Å². The van der Waals surface area contributed by atoms with E-state index in [9.17, 15) is 4.39 Å². The number of hydrogen-bond acceptors (Lipinski definition) is 1. The van der Waals surface area contributed by atoms with Gasteiger partial charge in [0.05, 0.1) is 0 Å². The Bertz CT molecular complexity index is 708. The molecule has 114 valence electrons. The van der Waals surface area contributed by atoms with Crippen LogP contribution in [0.2, 0.25) is 5.02 Å². The lowest BCUT2D eigenvalue weighted by Gasteiger charge is -2.13. The molecule has 1 nitrogen and oxygen atoms in total. The largest absolute Gasteiger partial charge is 0.384 e. The third kappa shape index (κ3) is 2.99. The van der Waals surface area contributed by atoms with E-state index in [1.807, 2.05) is 24.3 Å². The summed E-state index contributed by atoms with van der Waals surface area (Å²) in [6, 6.07) is 11.1. The Morgan fingerprint density at radius 2 is 1.68 bits per heavy atom. The average molecular weight is 337 g/mol. The standard InChI is InChI=1S/C18H15Cl2FO/c19-17-16(22-20)11-10-15(18(17)21)14-8-6-13(7-9-14)12-4-2-1-3-5-12/h4,6-11H,1-3,5H2. The van der Waals surface area contributed by atoms with E-state index in [1.54, 1.807) is 12.1 Å². The molecule has 4 heteroatoms. The Hall–Kier alpha value is -1.51. The highest BCUT2D eigenvalue weighted by molar-refractivity contribution is 6.33. The molecule has 0 amide bonds. The summed E-state index contributed by atoms with van der Waals surface area (Å²) in [4.78, 5) is 0. The molecule has 0 bridgehead atoms. The summed E-state index contributed by atoms with van der Waals surface area (Å²) in [7, 11) is 0. The van der Waals surface area contributed by atoms with E-state index in [4.69, 9.17) is 23.5 Å². The van der Waals surface area contributed by atoms with Crippen molar-refractivity contribution in [3.05, 3.63) is 58.9 Å². The average Bonchev–Trinajstić information content (AvgIpc) is 2.58. The zero-order valence-corrected chi connectivity index (χ0v) is 13.4. The van der Waals surface area contributed by atoms with Crippen molar-refractivity contribution in [1.82, 2.24) is 0 Å². The Kier molecular flexibility index (Phi) is 4.70. The molecule has 3 rings (SSSR count). The number of allylic oxidation sites excluding steroid dienone is 2. The third-order valence-corrected chi connectivity index (χ3v) is 4.51. The van der Waals surface area contributed by atoms with E-state index in [0.29, 0.717) is 5.56 Å². The lowest BCUT2D eigenvalue weighted by Crippen LogP contribution is -1.92. The maximum absolute atomic E-state index is 14.3. The molecule has 0 saturated heterocycles. The summed E-state index contributed by atoms with van der Waals surface area (Å²) in [5, 5.41) is -0.105. The quantitative estimate of drug-likeness (QED) is 0.610. The molecule has 0 radical (unpaired) electrons. The molecular formula is C18H15Cl2FO. The van der Waals surface area contributed by atoms with Gasteiger partial charge in [0.2, 0.25) is 0 Å². The topological polar surface area (TPSA) is 9.23 Å². The molecule has 0 aromatic heterocycles. The van der Waals surface area contributed by atoms with Crippen molar-refractivity contribution in [2.45, 2.75) is 25.7 Å². The van der Waals surface area contributed by atoms with Gasteiger partial charge in [-0.15, -0.1) is 0 Å². The van der Waals surface area contributed by atoms with Crippen molar-refractivity contribution in [3.63, 3.8) is 0 Å². The van der Waals surface area contributed by atoms with Crippen molar-refractivity contribution < 1.29 is 8.68 Å². The summed E-state index contributed by atoms with van der Waals surface area (Å²) in [5.41, 5.74) is 3.80. The molecule has 1 aliphatic carbocycles. The van der Waals surface area contributed by atoms with Crippen LogP contribution < -0.4 is 4.29 Å². The van der Waals surface area contributed by atoms with Crippen LogP contribution >= 0.6 is 23.5 Å². The molecule has 0 atom stereocenters. The molecule has 22 heavy (non-hydrogen) atoms. The van der Waals surface area contributed by atoms with E-state index in [0.717, 1.165) is 18.4 Å². The van der Waals surface area contributed by atoms with Gasteiger partial charge in [0.25, 0.3) is 0 Å². The number of halogens is 3. The van der Waals surface area contributed by atoms with Gasteiger partial charge in [-0.2, -0.15) is 0 Å². The zero-order chi connectivity index (χ0) is 15.5. The summed E-state index contributed by atoms with van der Waals surface area (Å²) in [6.45, 7) is 0. The highest BCUT2D eigenvalue weighted by Crippen LogP contribution is 2.36. The second-order valence-electron chi connectivity index (χ2n) is 5.37. The van der Waals surface area contributed by atoms with Crippen molar-refractivity contribution >= 4 is 29.0 Å². The van der Waals surface area contributed by atoms with Crippen molar-refractivity contribution in [1.29, 1.82) is 0 Å². The van der Waals surface area contributed by atoms with Gasteiger partial charge in [-0.25, -0.2) is 4.39 Å². The van der Waals surface area contributed by atoms with Crippen LogP contribution in [0.25, 0.3) is 16.7 Å². The van der Waals surface area contributed by atoms with Gasteiger partial charge in [-0.1, -0.05) is 41.9 Å². The van der Waals surface area contributed by atoms with Crippen LogP contribution in [0.5, 0.6) is 5.75 Å². The molecule has 0 spiro atoms. The lowest BCUT2D eigenvalue weighted by molar-refractivity contribution is 0.590. The van der Waals surface area contributed by atoms with Crippen molar-refractivity contribution in [2.24, 2.45) is 0 Å². The fraction of sp³-hybridized carbons (Fsp3) is 0.222. The van der Waals surface area contributed by atoms with Crippen LogP contribution in [0.15, 0.2) is 42.5 Å². The number of rotatable bonds is 3. The second-order valence-corrected chi connectivity index (χ2v) is 5.90. The predicted octanol–water partition coefficient (Wildman–Crippen LogP) is 6.64. The first kappa shape index (κ1) is 15.4. The minimum atomic E-state index is -0.524. The van der Waals surface area contributed by atoms with Gasteiger partial charge in [0.15, 0.2) is 11.6 Å². The maximum Gasteiger partial charge on any atom is 0.167 e. The fourth-order valence-corrected chi connectivity index (χ4v) is 3.15. The Balaban J connectivity index is 1.93. The minimum absolute atomic E-state index is 0.105. The first-order valence-electron chi connectivity index (χ1n) is 7.27. The SMILES string of the molecule is Fc1c(-c2ccc(C3=CCCCC3)cc2)ccc(OCl)c1Cl. The van der Waals surface area contributed by atoms with E-state index < -0.39 is 5.82 Å². The van der Waals surface area contributed by atoms with Crippen LogP contribution in [0.3, 0.4) is 0 Å². The summed E-state index contributed by atoms with van der Waals surface area (Å²) >= 11 is 11.2. The molecule has 2 aromatic rings. The fourth-order valence-electron chi connectivity index (χ4n) is 2.78. The normalized spacial score (nSPS) is 14.6. The minimum Gasteiger partial charge on any atom is -0.384 e. The lowest BCUT2D eigenvalue weighted by atomic mass is 9.92. The molecule has 2 aromatic carbocycles. The van der Waals surface area contributed by atoms with Crippen LogP contribution in [0.1, 0.15) is 31.2 Å². The third-order valence-electron chi connectivity index (χ3n) is 3.99. The summed E-state index contributed by atoms with van der Waals surface area (Å²) in [6.07, 6.45) is 7.04. The van der Waals surface area contributed by atoms with Crippen LogP contribution in [-0.2, 0) is 0 Å². The number of hydrogen-bond donors (Lipinski definition) is 0. The molecule has 0 heterocycles. The van der Waals surface area contributed by atoms with E-state index in [1.165, 1.54) is 24.0 Å². The Labute approximate surface area is 139 Å².